The lowest BCUT2D eigenvalue weighted by Crippen LogP contribution is -2.42. The highest BCUT2D eigenvalue weighted by Crippen LogP contribution is 2.29. The van der Waals surface area contributed by atoms with Crippen LogP contribution in [-0.4, -0.2) is 81.4 Å². The van der Waals surface area contributed by atoms with Gasteiger partial charge in [-0.05, 0) is 162 Å². The van der Waals surface area contributed by atoms with E-state index in [2.05, 4.69) is 32.3 Å². The van der Waals surface area contributed by atoms with Gasteiger partial charge in [-0.1, -0.05) is 42.8 Å². The van der Waals surface area contributed by atoms with Crippen molar-refractivity contribution in [2.75, 3.05) is 68.6 Å². The van der Waals surface area contributed by atoms with E-state index in [-0.39, 0.29) is 25.3 Å². The zero-order valence-corrected chi connectivity index (χ0v) is 36.7. The van der Waals surface area contributed by atoms with E-state index in [1.165, 1.54) is 42.9 Å². The number of carbonyl (C=O) groups excluding carboxylic acids is 4. The first kappa shape index (κ1) is 49.0. The Morgan fingerprint density at radius 1 is 0.719 bits per heavy atom. The van der Waals surface area contributed by atoms with Crippen LogP contribution in [0.4, 0.5) is 27.5 Å². The number of fused-ring (bicyclic) bond motifs is 2. The molecule has 0 radical (unpaired) electrons. The van der Waals surface area contributed by atoms with Gasteiger partial charge in [-0.2, -0.15) is 4.99 Å². The molecule has 4 aromatic rings. The van der Waals surface area contributed by atoms with Gasteiger partial charge in [-0.25, -0.2) is 9.59 Å². The van der Waals surface area contributed by atoms with Crippen molar-refractivity contribution >= 4 is 46.7 Å². The van der Waals surface area contributed by atoms with Gasteiger partial charge in [-0.3, -0.25) is 9.59 Å². The van der Waals surface area contributed by atoms with Crippen LogP contribution in [0.15, 0.2) is 89.9 Å². The summed E-state index contributed by atoms with van der Waals surface area (Å²) in [6, 6.07) is 27.0. The van der Waals surface area contributed by atoms with E-state index in [9.17, 15) is 19.2 Å². The second kappa shape index (κ2) is 25.9. The number of carbonyl (C=O) groups is 3. The number of amides is 4. The Balaban J connectivity index is 0.000000187. The summed E-state index contributed by atoms with van der Waals surface area (Å²) in [4.78, 5) is 50.3. The molecule has 0 saturated carbocycles. The smallest absolute Gasteiger partial charge is 0.321 e. The summed E-state index contributed by atoms with van der Waals surface area (Å²) < 4.78 is 16.9. The Morgan fingerprint density at radius 3 is 1.70 bits per heavy atom. The molecule has 0 aliphatic carbocycles. The molecule has 64 heavy (non-hydrogen) atoms. The quantitative estimate of drug-likeness (QED) is 0.101. The molecule has 9 rings (SSSR count). The van der Waals surface area contributed by atoms with Gasteiger partial charge < -0.3 is 40.4 Å². The van der Waals surface area contributed by atoms with E-state index < -0.39 is 0 Å². The van der Waals surface area contributed by atoms with Gasteiger partial charge in [0.2, 0.25) is 17.9 Å². The standard InChI is InChI=1S/C23H27N3O3.C15H20N2O2.C8H7NO.C4H8O.CH4/c1-16-2-5-19(6-3-16)24-23(28)26-12-10-17(11-13-26)15-29-20-7-8-21-18(14-20)4-9-22(27)25-21;18-15-4-1-12-9-13(2-3-14(12)17-15)19-10-11-5-7-16-8-6-11;1-7-2-4-8(5-3-7)9-6-10;1-2-4-5-3-1;/h2-3,5-8,14,17H,4,9-13,15H2,1H3,(H,24,28)(H,25,27);2-3,9,11,16H,1,4-8,10H2,(H,17,18);2-5H,1H3;1-4H2;1H4. The summed E-state index contributed by atoms with van der Waals surface area (Å²) >= 11 is 0. The summed E-state index contributed by atoms with van der Waals surface area (Å²) in [6.07, 6.45) is 11.0. The highest BCUT2D eigenvalue weighted by molar-refractivity contribution is 5.94. The van der Waals surface area contributed by atoms with Crippen molar-refractivity contribution in [2.45, 2.75) is 85.5 Å². The second-order valence-corrected chi connectivity index (χ2v) is 16.6. The van der Waals surface area contributed by atoms with Crippen LogP contribution in [0, 0.1) is 25.7 Å². The minimum Gasteiger partial charge on any atom is -0.493 e. The molecule has 4 N–H and O–H groups in total. The maximum absolute atomic E-state index is 12.5. The highest BCUT2D eigenvalue weighted by atomic mass is 16.5. The fraction of sp³-hybridized carbons (Fsp3) is 0.451. The first-order valence-corrected chi connectivity index (χ1v) is 22.4. The Morgan fingerprint density at radius 2 is 1.22 bits per heavy atom. The molecule has 0 atom stereocenters. The van der Waals surface area contributed by atoms with Gasteiger partial charge in [0, 0.05) is 56.2 Å². The number of aliphatic imine (C=N–C) groups is 1. The molecule has 3 saturated heterocycles. The van der Waals surface area contributed by atoms with Crippen molar-refractivity contribution < 1.29 is 33.4 Å². The molecule has 5 aliphatic rings. The first-order chi connectivity index (χ1) is 30.7. The summed E-state index contributed by atoms with van der Waals surface area (Å²) in [6.45, 7) is 11.1. The van der Waals surface area contributed by atoms with E-state index in [0.717, 1.165) is 111 Å². The van der Waals surface area contributed by atoms with E-state index >= 15 is 0 Å². The molecule has 0 unspecified atom stereocenters. The van der Waals surface area contributed by atoms with E-state index in [1.807, 2.05) is 85.5 Å². The Hall–Kier alpha value is -6.01. The number of anilines is 3. The van der Waals surface area contributed by atoms with Crippen LogP contribution in [0.2, 0.25) is 0 Å². The molecule has 4 amide bonds. The van der Waals surface area contributed by atoms with Gasteiger partial charge in [0.15, 0.2) is 0 Å². The number of nitrogens with one attached hydrogen (secondary N) is 4. The number of rotatable bonds is 8. The molecule has 0 spiro atoms. The molecular weight excluding hydrogens is 809 g/mol. The molecule has 342 valence electrons. The molecule has 13 heteroatoms. The lowest BCUT2D eigenvalue weighted by Gasteiger charge is -2.32. The average Bonchev–Trinajstić information content (AvgIpc) is 3.91. The molecule has 5 heterocycles. The van der Waals surface area contributed by atoms with Gasteiger partial charge in [0.25, 0.3) is 0 Å². The van der Waals surface area contributed by atoms with Crippen LogP contribution in [0.1, 0.15) is 81.0 Å². The lowest BCUT2D eigenvalue weighted by molar-refractivity contribution is -0.117. The third-order valence-corrected chi connectivity index (χ3v) is 11.6. The van der Waals surface area contributed by atoms with Crippen LogP contribution in [-0.2, 0) is 32.0 Å². The van der Waals surface area contributed by atoms with Crippen molar-refractivity contribution in [3.63, 3.8) is 0 Å². The van der Waals surface area contributed by atoms with E-state index in [0.29, 0.717) is 37.0 Å². The second-order valence-electron chi connectivity index (χ2n) is 16.6. The number of benzene rings is 4. The summed E-state index contributed by atoms with van der Waals surface area (Å²) in [5, 5.41) is 12.1. The van der Waals surface area contributed by atoms with Crippen LogP contribution < -0.4 is 30.7 Å². The lowest BCUT2D eigenvalue weighted by atomic mass is 9.98. The van der Waals surface area contributed by atoms with E-state index in [1.54, 1.807) is 12.1 Å². The van der Waals surface area contributed by atoms with Crippen molar-refractivity contribution in [3.05, 3.63) is 107 Å². The Bertz CT molecular complexity index is 2130. The minimum atomic E-state index is -0.0371. The number of nitrogens with zero attached hydrogens (tertiary/aromatic N) is 2. The fourth-order valence-electron chi connectivity index (χ4n) is 7.70. The summed E-state index contributed by atoms with van der Waals surface area (Å²) in [5.74, 6) is 3.05. The van der Waals surface area contributed by atoms with Crippen LogP contribution in [0.5, 0.6) is 11.5 Å². The minimum absolute atomic E-state index is 0. The Labute approximate surface area is 378 Å². The maximum atomic E-state index is 12.5. The summed E-state index contributed by atoms with van der Waals surface area (Å²) in [7, 11) is 0. The third-order valence-electron chi connectivity index (χ3n) is 11.6. The number of hydrogen-bond acceptors (Lipinski definition) is 9. The fourth-order valence-corrected chi connectivity index (χ4v) is 7.70. The number of ether oxygens (including phenoxy) is 3. The van der Waals surface area contributed by atoms with Crippen molar-refractivity contribution in [2.24, 2.45) is 16.8 Å². The SMILES string of the molecule is C.C1CCOC1.Cc1ccc(N=C=O)cc1.Cc1ccc(NC(=O)N2CCC(COc3ccc4c(c3)CCC(=O)N4)CC2)cc1.O=C1CCc2cc(OCC3CCNCC3)ccc2N1. The molecule has 3 fully saturated rings. The first-order valence-electron chi connectivity index (χ1n) is 22.4. The summed E-state index contributed by atoms with van der Waals surface area (Å²) in [5.41, 5.74) is 7.95. The van der Waals surface area contributed by atoms with Gasteiger partial charge in [0.1, 0.15) is 11.5 Å². The van der Waals surface area contributed by atoms with Crippen molar-refractivity contribution in [3.8, 4) is 11.5 Å². The largest absolute Gasteiger partial charge is 0.493 e. The topological polar surface area (TPSA) is 160 Å². The van der Waals surface area contributed by atoms with Crippen molar-refractivity contribution in [1.29, 1.82) is 0 Å². The molecule has 4 aromatic carbocycles. The highest BCUT2D eigenvalue weighted by Gasteiger charge is 2.24. The van der Waals surface area contributed by atoms with Gasteiger partial charge >= 0.3 is 6.03 Å². The third kappa shape index (κ3) is 16.3. The van der Waals surface area contributed by atoms with Crippen LogP contribution >= 0.6 is 0 Å². The number of piperidine rings is 2. The average molecular weight is 875 g/mol. The zero-order chi connectivity index (χ0) is 44.2. The number of urea groups is 1. The van der Waals surface area contributed by atoms with Crippen LogP contribution in [0.25, 0.3) is 0 Å². The predicted molar refractivity (Wildman–Crippen MR) is 254 cm³/mol. The maximum Gasteiger partial charge on any atom is 0.321 e. The molecule has 0 bridgehead atoms. The normalized spacial score (nSPS) is 16.6. The monoisotopic (exact) mass is 874 g/mol. The molecule has 0 aromatic heterocycles. The van der Waals surface area contributed by atoms with Gasteiger partial charge in [-0.15, -0.1) is 0 Å². The number of isocyanates is 1. The number of aryl methyl sites for hydroxylation is 4. The molecule has 13 nitrogen and oxygen atoms in total. The van der Waals surface area contributed by atoms with E-state index in [4.69, 9.17) is 14.2 Å². The number of hydrogen-bond donors (Lipinski definition) is 4. The molecule has 5 aliphatic heterocycles. The van der Waals surface area contributed by atoms with Crippen LogP contribution in [0.3, 0.4) is 0 Å². The number of likely N-dealkylation sites (tertiary alicyclic amines) is 1. The Kier molecular flexibility index (Phi) is 19.9. The van der Waals surface area contributed by atoms with Crippen molar-refractivity contribution in [1.82, 2.24) is 10.2 Å². The van der Waals surface area contributed by atoms with Gasteiger partial charge in [0.05, 0.1) is 18.9 Å². The molecular formula is C51H66N6O7. The zero-order valence-electron chi connectivity index (χ0n) is 36.7. The predicted octanol–water partition coefficient (Wildman–Crippen LogP) is 9.55.